The van der Waals surface area contributed by atoms with E-state index in [1.165, 1.54) is 0 Å². The van der Waals surface area contributed by atoms with Crippen LogP contribution in [-0.4, -0.2) is 34.9 Å². The molecule has 4 nitrogen and oxygen atoms in total. The number of nitrogens with zero attached hydrogens (tertiary/aromatic N) is 2. The molecule has 1 unspecified atom stereocenters. The van der Waals surface area contributed by atoms with Gasteiger partial charge >= 0.3 is 0 Å². The van der Waals surface area contributed by atoms with Gasteiger partial charge in [-0.25, -0.2) is 4.98 Å². The van der Waals surface area contributed by atoms with Crippen molar-refractivity contribution in [3.05, 3.63) is 23.9 Å². The Labute approximate surface area is 102 Å². The molecule has 0 aromatic carbocycles. The summed E-state index contributed by atoms with van der Waals surface area (Å²) in [5, 5.41) is 18.6. The third-order valence-corrected chi connectivity index (χ3v) is 3.35. The van der Waals surface area contributed by atoms with Crippen LogP contribution in [0.15, 0.2) is 18.3 Å². The number of aromatic nitrogens is 1. The van der Waals surface area contributed by atoms with Crippen LogP contribution >= 0.6 is 0 Å². The Kier molecular flexibility index (Phi) is 3.97. The summed E-state index contributed by atoms with van der Waals surface area (Å²) in [4.78, 5) is 6.58. The monoisotopic (exact) mass is 236 g/mol. The SMILES string of the molecule is C[C@@H](O)c1ccc(N2CCCC(CO)C2)nc1. The van der Waals surface area contributed by atoms with Gasteiger partial charge in [0.1, 0.15) is 5.82 Å². The third kappa shape index (κ3) is 2.96. The summed E-state index contributed by atoms with van der Waals surface area (Å²) >= 11 is 0. The van der Waals surface area contributed by atoms with Gasteiger partial charge < -0.3 is 15.1 Å². The fourth-order valence-electron chi connectivity index (χ4n) is 2.25. The molecule has 1 aliphatic heterocycles. The van der Waals surface area contributed by atoms with Crippen molar-refractivity contribution < 1.29 is 10.2 Å². The van der Waals surface area contributed by atoms with Gasteiger partial charge in [0.15, 0.2) is 0 Å². The van der Waals surface area contributed by atoms with E-state index in [2.05, 4.69) is 9.88 Å². The minimum Gasteiger partial charge on any atom is -0.396 e. The molecule has 2 N–H and O–H groups in total. The fraction of sp³-hybridized carbons (Fsp3) is 0.615. The summed E-state index contributed by atoms with van der Waals surface area (Å²) in [6.45, 7) is 3.86. The second-order valence-electron chi connectivity index (χ2n) is 4.76. The van der Waals surface area contributed by atoms with E-state index in [9.17, 15) is 10.2 Å². The first-order chi connectivity index (χ1) is 8.20. The number of piperidine rings is 1. The summed E-state index contributed by atoms with van der Waals surface area (Å²) in [5.41, 5.74) is 0.837. The third-order valence-electron chi connectivity index (χ3n) is 3.35. The molecule has 2 heterocycles. The minimum absolute atomic E-state index is 0.252. The number of rotatable bonds is 3. The molecule has 0 bridgehead atoms. The second-order valence-corrected chi connectivity index (χ2v) is 4.76. The van der Waals surface area contributed by atoms with Gasteiger partial charge in [-0.05, 0) is 37.3 Å². The highest BCUT2D eigenvalue weighted by Crippen LogP contribution is 2.22. The first-order valence-corrected chi connectivity index (χ1v) is 6.20. The molecule has 0 aliphatic carbocycles. The normalized spacial score (nSPS) is 22.5. The van der Waals surface area contributed by atoms with E-state index < -0.39 is 6.10 Å². The van der Waals surface area contributed by atoms with Crippen molar-refractivity contribution in [2.45, 2.75) is 25.9 Å². The second kappa shape index (κ2) is 5.47. The Balaban J connectivity index is 2.06. The predicted octanol–water partition coefficient (Wildman–Crippen LogP) is 1.34. The molecule has 0 radical (unpaired) electrons. The van der Waals surface area contributed by atoms with Crippen LogP contribution in [0.1, 0.15) is 31.4 Å². The molecule has 1 aromatic heterocycles. The van der Waals surface area contributed by atoms with E-state index in [0.29, 0.717) is 5.92 Å². The van der Waals surface area contributed by atoms with E-state index in [-0.39, 0.29) is 6.61 Å². The summed E-state index contributed by atoms with van der Waals surface area (Å²) in [6, 6.07) is 3.86. The Morgan fingerprint density at radius 1 is 1.53 bits per heavy atom. The number of aliphatic hydroxyl groups is 2. The molecule has 94 valence electrons. The van der Waals surface area contributed by atoms with Gasteiger partial charge in [0, 0.05) is 25.9 Å². The van der Waals surface area contributed by atoms with Crippen LogP contribution in [0, 0.1) is 5.92 Å². The lowest BCUT2D eigenvalue weighted by Crippen LogP contribution is -2.37. The summed E-state index contributed by atoms with van der Waals surface area (Å²) in [6.07, 6.45) is 3.45. The molecule has 0 spiro atoms. The average Bonchev–Trinajstić information content (AvgIpc) is 2.39. The van der Waals surface area contributed by atoms with E-state index in [4.69, 9.17) is 0 Å². The van der Waals surface area contributed by atoms with E-state index in [0.717, 1.165) is 37.3 Å². The van der Waals surface area contributed by atoms with Gasteiger partial charge in [-0.1, -0.05) is 6.07 Å². The minimum atomic E-state index is -0.469. The number of pyridine rings is 1. The number of hydrogen-bond donors (Lipinski definition) is 2. The van der Waals surface area contributed by atoms with Crippen molar-refractivity contribution in [1.82, 2.24) is 4.98 Å². The van der Waals surface area contributed by atoms with Crippen molar-refractivity contribution in [2.24, 2.45) is 5.92 Å². The van der Waals surface area contributed by atoms with Crippen LogP contribution in [-0.2, 0) is 0 Å². The zero-order chi connectivity index (χ0) is 12.3. The molecule has 1 aliphatic rings. The van der Waals surface area contributed by atoms with E-state index in [1.807, 2.05) is 12.1 Å². The molecular weight excluding hydrogens is 216 g/mol. The van der Waals surface area contributed by atoms with E-state index >= 15 is 0 Å². The lowest BCUT2D eigenvalue weighted by Gasteiger charge is -2.32. The van der Waals surface area contributed by atoms with Crippen molar-refractivity contribution in [2.75, 3.05) is 24.6 Å². The van der Waals surface area contributed by atoms with Gasteiger partial charge in [0.05, 0.1) is 6.10 Å². The standard InChI is InChI=1S/C13H20N2O2/c1-10(17)12-4-5-13(14-7-12)15-6-2-3-11(8-15)9-16/h4-5,7,10-11,16-17H,2-3,6,8-9H2,1H3/t10-,11?/m1/s1. The molecule has 1 fully saturated rings. The van der Waals surface area contributed by atoms with Crippen molar-refractivity contribution in [3.63, 3.8) is 0 Å². The van der Waals surface area contributed by atoms with Crippen LogP contribution in [0.5, 0.6) is 0 Å². The highest BCUT2D eigenvalue weighted by Gasteiger charge is 2.20. The molecule has 2 rings (SSSR count). The van der Waals surface area contributed by atoms with Gasteiger partial charge in [-0.3, -0.25) is 0 Å². The highest BCUT2D eigenvalue weighted by atomic mass is 16.3. The Morgan fingerprint density at radius 2 is 2.35 bits per heavy atom. The van der Waals surface area contributed by atoms with Gasteiger partial charge in [-0.2, -0.15) is 0 Å². The van der Waals surface area contributed by atoms with Crippen molar-refractivity contribution in [3.8, 4) is 0 Å². The van der Waals surface area contributed by atoms with Crippen molar-refractivity contribution in [1.29, 1.82) is 0 Å². The molecule has 4 heteroatoms. The molecule has 2 atom stereocenters. The zero-order valence-electron chi connectivity index (χ0n) is 10.2. The molecule has 1 saturated heterocycles. The molecule has 17 heavy (non-hydrogen) atoms. The maximum Gasteiger partial charge on any atom is 0.128 e. The molecule has 1 aromatic rings. The number of hydrogen-bond acceptors (Lipinski definition) is 4. The molecular formula is C13H20N2O2. The quantitative estimate of drug-likeness (QED) is 0.831. The van der Waals surface area contributed by atoms with Gasteiger partial charge in [0.2, 0.25) is 0 Å². The summed E-state index contributed by atoms with van der Waals surface area (Å²) in [7, 11) is 0. The van der Waals surface area contributed by atoms with Crippen LogP contribution in [0.2, 0.25) is 0 Å². The molecule has 0 amide bonds. The average molecular weight is 236 g/mol. The van der Waals surface area contributed by atoms with Crippen LogP contribution < -0.4 is 4.90 Å². The Morgan fingerprint density at radius 3 is 2.94 bits per heavy atom. The topological polar surface area (TPSA) is 56.6 Å². The largest absolute Gasteiger partial charge is 0.396 e. The van der Waals surface area contributed by atoms with Gasteiger partial charge in [0.25, 0.3) is 0 Å². The predicted molar refractivity (Wildman–Crippen MR) is 66.9 cm³/mol. The summed E-state index contributed by atoms with van der Waals surface area (Å²) < 4.78 is 0. The van der Waals surface area contributed by atoms with Crippen LogP contribution in [0.4, 0.5) is 5.82 Å². The highest BCUT2D eigenvalue weighted by molar-refractivity contribution is 5.40. The van der Waals surface area contributed by atoms with E-state index in [1.54, 1.807) is 13.1 Å². The Bertz CT molecular complexity index is 351. The first-order valence-electron chi connectivity index (χ1n) is 6.20. The number of aliphatic hydroxyl groups excluding tert-OH is 2. The van der Waals surface area contributed by atoms with Gasteiger partial charge in [-0.15, -0.1) is 0 Å². The zero-order valence-corrected chi connectivity index (χ0v) is 10.2. The van der Waals surface area contributed by atoms with Crippen molar-refractivity contribution >= 4 is 5.82 Å². The molecule has 0 saturated carbocycles. The number of anilines is 1. The Hall–Kier alpha value is -1.13. The van der Waals surface area contributed by atoms with Crippen LogP contribution in [0.25, 0.3) is 0 Å². The lowest BCUT2D eigenvalue weighted by atomic mass is 9.99. The lowest BCUT2D eigenvalue weighted by molar-refractivity contribution is 0.199. The maximum atomic E-state index is 9.42. The smallest absolute Gasteiger partial charge is 0.128 e. The maximum absolute atomic E-state index is 9.42. The van der Waals surface area contributed by atoms with Crippen LogP contribution in [0.3, 0.4) is 0 Å². The first kappa shape index (κ1) is 12.3. The summed E-state index contributed by atoms with van der Waals surface area (Å²) in [5.74, 6) is 1.30. The fourth-order valence-corrected chi connectivity index (χ4v) is 2.25.